The van der Waals surface area contributed by atoms with E-state index in [-0.39, 0.29) is 29.5 Å². The van der Waals surface area contributed by atoms with Gasteiger partial charge in [-0.3, -0.25) is 4.79 Å². The molecule has 2 amide bonds. The fourth-order valence-corrected chi connectivity index (χ4v) is 3.10. The van der Waals surface area contributed by atoms with Crippen molar-refractivity contribution in [2.75, 3.05) is 4.90 Å². The number of halogens is 1. The molecule has 0 atom stereocenters. The van der Waals surface area contributed by atoms with Crippen molar-refractivity contribution in [2.45, 2.75) is 65.9 Å². The Morgan fingerprint density at radius 3 is 2.08 bits per heavy atom. The van der Waals surface area contributed by atoms with E-state index in [1.807, 2.05) is 30.3 Å². The van der Waals surface area contributed by atoms with Gasteiger partial charge in [0, 0.05) is 0 Å². The monoisotopic (exact) mass is 517 g/mol. The van der Waals surface area contributed by atoms with Gasteiger partial charge in [0.15, 0.2) is 10.8 Å². The summed E-state index contributed by atoms with van der Waals surface area (Å²) in [5.74, 6) is -0.944. The predicted molar refractivity (Wildman–Crippen MR) is 132 cm³/mol. The van der Waals surface area contributed by atoms with Gasteiger partial charge in [0.05, 0.1) is 6.33 Å². The van der Waals surface area contributed by atoms with E-state index in [1.165, 1.54) is 10.9 Å². The molecule has 0 saturated heterocycles. The fraction of sp³-hybridized carbons (Fsp3) is 0.417. The molecular weight excluding hydrogens is 490 g/mol. The minimum Gasteiger partial charge on any atom is -0.459 e. The van der Waals surface area contributed by atoms with Crippen molar-refractivity contribution in [3.05, 3.63) is 47.4 Å². The second kappa shape index (κ2) is 10.5. The van der Waals surface area contributed by atoms with Crippen molar-refractivity contribution in [3.63, 3.8) is 0 Å². The summed E-state index contributed by atoms with van der Waals surface area (Å²) in [5.41, 5.74) is -0.729. The first-order valence-corrected chi connectivity index (χ1v) is 11.5. The van der Waals surface area contributed by atoms with Crippen LogP contribution in [0.2, 0.25) is 5.15 Å². The van der Waals surface area contributed by atoms with Crippen LogP contribution < -0.4 is 4.90 Å². The highest BCUT2D eigenvalue weighted by atomic mass is 35.5. The molecule has 2 aromatic heterocycles. The number of benzene rings is 1. The van der Waals surface area contributed by atoms with Gasteiger partial charge in [-0.05, 0) is 47.1 Å². The Bertz CT molecular complexity index is 1240. The summed E-state index contributed by atoms with van der Waals surface area (Å²) >= 11 is 6.30. The lowest BCUT2D eigenvalue weighted by Crippen LogP contribution is -2.44. The number of hydrogen-bond donors (Lipinski definition) is 0. The van der Waals surface area contributed by atoms with E-state index in [4.69, 9.17) is 25.8 Å². The van der Waals surface area contributed by atoms with Crippen LogP contribution >= 0.6 is 11.6 Å². The third-order valence-electron chi connectivity index (χ3n) is 4.30. The molecule has 3 rings (SSSR count). The molecule has 0 aliphatic carbocycles. The van der Waals surface area contributed by atoms with Crippen LogP contribution in [0.15, 0.2) is 36.7 Å². The van der Waals surface area contributed by atoms with E-state index in [9.17, 15) is 14.4 Å². The summed E-state index contributed by atoms with van der Waals surface area (Å²) < 4.78 is 17.4. The first-order chi connectivity index (χ1) is 16.7. The second-order valence-electron chi connectivity index (χ2n) is 9.80. The molecule has 0 unspecified atom stereocenters. The van der Waals surface area contributed by atoms with Crippen LogP contribution in [-0.4, -0.2) is 48.9 Å². The van der Waals surface area contributed by atoms with Crippen LogP contribution in [0.1, 0.15) is 47.1 Å². The molecule has 36 heavy (non-hydrogen) atoms. The second-order valence-corrected chi connectivity index (χ2v) is 10.2. The van der Waals surface area contributed by atoms with Crippen molar-refractivity contribution in [1.82, 2.24) is 19.5 Å². The van der Waals surface area contributed by atoms with Crippen LogP contribution in [0.25, 0.3) is 11.2 Å². The SMILES string of the molecule is CC(C)(C)OC(=O)N(C(=O)OC(C)(C)C)c1nc(Cl)c2ncn(CC(=O)OCc3ccccc3)c2n1. The van der Waals surface area contributed by atoms with Gasteiger partial charge < -0.3 is 18.8 Å². The van der Waals surface area contributed by atoms with Gasteiger partial charge in [-0.1, -0.05) is 41.9 Å². The average Bonchev–Trinajstić information content (AvgIpc) is 3.13. The Labute approximate surface area is 213 Å². The number of esters is 1. The Balaban J connectivity index is 1.92. The highest BCUT2D eigenvalue weighted by Crippen LogP contribution is 2.25. The van der Waals surface area contributed by atoms with Crippen molar-refractivity contribution in [3.8, 4) is 0 Å². The first kappa shape index (κ1) is 26.9. The van der Waals surface area contributed by atoms with Gasteiger partial charge in [-0.25, -0.2) is 14.6 Å². The van der Waals surface area contributed by atoms with Gasteiger partial charge in [-0.15, -0.1) is 4.90 Å². The predicted octanol–water partition coefficient (Wildman–Crippen LogP) is 4.90. The molecule has 0 saturated carbocycles. The quantitative estimate of drug-likeness (QED) is 0.264. The highest BCUT2D eigenvalue weighted by Gasteiger charge is 2.35. The van der Waals surface area contributed by atoms with E-state index in [0.717, 1.165) is 5.56 Å². The van der Waals surface area contributed by atoms with E-state index in [1.54, 1.807) is 41.5 Å². The third kappa shape index (κ3) is 7.14. The lowest BCUT2D eigenvalue weighted by molar-refractivity contribution is -0.145. The largest absolute Gasteiger partial charge is 0.459 e. The molecule has 3 aromatic rings. The van der Waals surface area contributed by atoms with E-state index in [2.05, 4.69) is 15.0 Å². The summed E-state index contributed by atoms with van der Waals surface area (Å²) in [6.07, 6.45) is -0.773. The van der Waals surface area contributed by atoms with Crippen LogP contribution in [0.4, 0.5) is 15.5 Å². The number of nitrogens with zero attached hydrogens (tertiary/aromatic N) is 5. The summed E-state index contributed by atoms with van der Waals surface area (Å²) in [6, 6.07) is 9.21. The Morgan fingerprint density at radius 1 is 0.944 bits per heavy atom. The van der Waals surface area contributed by atoms with Gasteiger partial charge in [0.2, 0.25) is 5.95 Å². The zero-order chi connectivity index (χ0) is 26.7. The van der Waals surface area contributed by atoms with Crippen molar-refractivity contribution in [1.29, 1.82) is 0 Å². The van der Waals surface area contributed by atoms with Crippen LogP contribution in [0.5, 0.6) is 0 Å². The summed E-state index contributed by atoms with van der Waals surface area (Å²) in [7, 11) is 0. The minimum absolute atomic E-state index is 0.0956. The molecule has 0 spiro atoms. The first-order valence-electron chi connectivity index (χ1n) is 11.1. The number of ether oxygens (including phenoxy) is 3. The minimum atomic E-state index is -1.06. The fourth-order valence-electron chi connectivity index (χ4n) is 2.89. The maximum absolute atomic E-state index is 12.9. The number of anilines is 1. The molecule has 0 radical (unpaired) electrons. The number of imidazole rings is 1. The van der Waals surface area contributed by atoms with Crippen LogP contribution in [0.3, 0.4) is 0 Å². The zero-order valence-corrected chi connectivity index (χ0v) is 21.7. The van der Waals surface area contributed by atoms with Gasteiger partial charge >= 0.3 is 18.2 Å². The van der Waals surface area contributed by atoms with E-state index < -0.39 is 35.3 Å². The molecule has 11 nitrogen and oxygen atoms in total. The zero-order valence-electron chi connectivity index (χ0n) is 20.9. The van der Waals surface area contributed by atoms with E-state index >= 15 is 0 Å². The molecule has 192 valence electrons. The molecular formula is C24H28ClN5O6. The lowest BCUT2D eigenvalue weighted by Gasteiger charge is -2.27. The maximum Gasteiger partial charge on any atom is 0.427 e. The number of rotatable bonds is 5. The molecule has 12 heteroatoms. The molecule has 0 N–H and O–H groups in total. The molecule has 1 aromatic carbocycles. The Morgan fingerprint density at radius 2 is 1.53 bits per heavy atom. The van der Waals surface area contributed by atoms with E-state index in [0.29, 0.717) is 4.90 Å². The Kier molecular flexibility index (Phi) is 7.83. The normalized spacial score (nSPS) is 11.8. The lowest BCUT2D eigenvalue weighted by atomic mass is 10.2. The number of carbonyl (C=O) groups is 3. The highest BCUT2D eigenvalue weighted by molar-refractivity contribution is 6.33. The summed E-state index contributed by atoms with van der Waals surface area (Å²) in [4.78, 5) is 51.4. The molecule has 0 aliphatic rings. The van der Waals surface area contributed by atoms with Crippen molar-refractivity contribution in [2.24, 2.45) is 0 Å². The van der Waals surface area contributed by atoms with Gasteiger partial charge in [0.1, 0.15) is 29.9 Å². The smallest absolute Gasteiger partial charge is 0.427 e. The average molecular weight is 518 g/mol. The van der Waals surface area contributed by atoms with Gasteiger partial charge in [0.25, 0.3) is 0 Å². The summed E-state index contributed by atoms with van der Waals surface area (Å²) in [6.45, 7) is 9.72. The number of carbonyl (C=O) groups excluding carboxylic acids is 3. The third-order valence-corrected chi connectivity index (χ3v) is 4.57. The molecule has 0 aliphatic heterocycles. The number of amides is 2. The standard InChI is InChI=1S/C24H28ClN5O6/c1-23(2,3)35-21(32)30(22(33)36-24(4,5)6)20-27-18(25)17-19(28-20)29(14-26-17)12-16(31)34-13-15-10-8-7-9-11-15/h7-11,14H,12-13H2,1-6H3. The number of imide groups is 1. The molecule has 2 heterocycles. The topological polar surface area (TPSA) is 126 Å². The number of hydrogen-bond acceptors (Lipinski definition) is 9. The van der Waals surface area contributed by atoms with Crippen LogP contribution in [0, 0.1) is 0 Å². The van der Waals surface area contributed by atoms with Gasteiger partial charge in [-0.2, -0.15) is 9.97 Å². The Hall–Kier alpha value is -3.73. The molecule has 0 fully saturated rings. The molecule has 0 bridgehead atoms. The number of aromatic nitrogens is 4. The van der Waals surface area contributed by atoms with Crippen molar-refractivity contribution >= 4 is 46.9 Å². The number of fused-ring (bicyclic) bond motifs is 1. The maximum atomic E-state index is 12.9. The van der Waals surface area contributed by atoms with Crippen molar-refractivity contribution < 1.29 is 28.6 Å². The van der Waals surface area contributed by atoms with Crippen LogP contribution in [-0.2, 0) is 32.2 Å². The summed E-state index contributed by atoms with van der Waals surface area (Å²) in [5, 5.41) is -0.136.